The molecule has 5 heteroatoms. The van der Waals surface area contributed by atoms with E-state index in [1.807, 2.05) is 25.1 Å². The number of hydrogen-bond donors (Lipinski definition) is 1. The van der Waals surface area contributed by atoms with Gasteiger partial charge in [-0.25, -0.2) is 0 Å². The van der Waals surface area contributed by atoms with E-state index < -0.39 is 0 Å². The number of rotatable bonds is 3. The zero-order chi connectivity index (χ0) is 13.3. The molecule has 1 fully saturated rings. The molecule has 1 aromatic rings. The van der Waals surface area contributed by atoms with E-state index in [9.17, 15) is 4.79 Å². The van der Waals surface area contributed by atoms with Crippen LogP contribution in [0.25, 0.3) is 0 Å². The minimum absolute atomic E-state index is 0.0607. The molecule has 1 aliphatic heterocycles. The third-order valence-corrected chi connectivity index (χ3v) is 3.61. The number of amides is 1. The average molecular weight is 250 g/mol. The van der Waals surface area contributed by atoms with Gasteiger partial charge in [0.1, 0.15) is 5.69 Å². The van der Waals surface area contributed by atoms with E-state index in [2.05, 4.69) is 24.3 Å². The summed E-state index contributed by atoms with van der Waals surface area (Å²) in [5, 5.41) is 7.68. The Morgan fingerprint density at radius 2 is 2.33 bits per heavy atom. The van der Waals surface area contributed by atoms with Crippen molar-refractivity contribution in [1.29, 1.82) is 0 Å². The first-order chi connectivity index (χ1) is 8.50. The number of aryl methyl sites for hydroxylation is 1. The lowest BCUT2D eigenvalue weighted by Crippen LogP contribution is -2.39. The van der Waals surface area contributed by atoms with Crippen molar-refractivity contribution in [2.75, 3.05) is 20.1 Å². The highest BCUT2D eigenvalue weighted by Crippen LogP contribution is 2.16. The van der Waals surface area contributed by atoms with Crippen LogP contribution in [0.3, 0.4) is 0 Å². The Bertz CT molecular complexity index is 432. The summed E-state index contributed by atoms with van der Waals surface area (Å²) in [6.07, 6.45) is 1.02. The van der Waals surface area contributed by atoms with Gasteiger partial charge in [0.15, 0.2) is 0 Å². The van der Waals surface area contributed by atoms with Crippen molar-refractivity contribution in [1.82, 2.24) is 20.0 Å². The highest BCUT2D eigenvalue weighted by molar-refractivity contribution is 5.92. The molecule has 0 radical (unpaired) electrons. The lowest BCUT2D eigenvalue weighted by Gasteiger charge is -2.23. The minimum Gasteiger partial charge on any atom is -0.336 e. The lowest BCUT2D eigenvalue weighted by atomic mass is 10.1. The number of carbonyl (C=O) groups is 1. The van der Waals surface area contributed by atoms with Crippen LogP contribution in [0.4, 0.5) is 0 Å². The topological polar surface area (TPSA) is 50.2 Å². The van der Waals surface area contributed by atoms with Gasteiger partial charge in [-0.3, -0.25) is 9.48 Å². The Morgan fingerprint density at radius 3 is 2.83 bits per heavy atom. The van der Waals surface area contributed by atoms with E-state index >= 15 is 0 Å². The minimum atomic E-state index is 0.0607. The lowest BCUT2D eigenvalue weighted by molar-refractivity contribution is 0.0732. The van der Waals surface area contributed by atoms with Crippen molar-refractivity contribution < 1.29 is 4.79 Å². The first kappa shape index (κ1) is 13.1. The molecule has 1 atom stereocenters. The Balaban J connectivity index is 2.17. The van der Waals surface area contributed by atoms with Gasteiger partial charge in [0, 0.05) is 26.7 Å². The standard InChI is InChI=1S/C13H22N4O/c1-9(2)11-7-12(17(4)15-11)13(18)16(3)10-5-6-14-8-10/h7,9-10,14H,5-6,8H2,1-4H3/t10-/m1/s1. The fraction of sp³-hybridized carbons (Fsp3) is 0.692. The van der Waals surface area contributed by atoms with E-state index in [0.717, 1.165) is 25.2 Å². The van der Waals surface area contributed by atoms with Crippen LogP contribution in [0.1, 0.15) is 42.4 Å². The fourth-order valence-corrected chi connectivity index (χ4v) is 2.29. The molecule has 0 aromatic carbocycles. The second kappa shape index (κ2) is 5.10. The molecule has 0 bridgehead atoms. The molecule has 1 saturated heterocycles. The van der Waals surface area contributed by atoms with E-state index in [0.29, 0.717) is 17.7 Å². The van der Waals surface area contributed by atoms with Crippen molar-refractivity contribution in [3.8, 4) is 0 Å². The molecule has 0 unspecified atom stereocenters. The van der Waals surface area contributed by atoms with Crippen LogP contribution in [0.5, 0.6) is 0 Å². The van der Waals surface area contributed by atoms with Crippen LogP contribution in [-0.4, -0.2) is 46.8 Å². The molecule has 1 amide bonds. The number of likely N-dealkylation sites (N-methyl/N-ethyl adjacent to an activating group) is 1. The quantitative estimate of drug-likeness (QED) is 0.870. The maximum Gasteiger partial charge on any atom is 0.272 e. The number of hydrogen-bond acceptors (Lipinski definition) is 3. The smallest absolute Gasteiger partial charge is 0.272 e. The highest BCUT2D eigenvalue weighted by Gasteiger charge is 2.26. The SMILES string of the molecule is CC(C)c1cc(C(=O)N(C)[C@@H]2CCNC2)n(C)n1. The zero-order valence-corrected chi connectivity index (χ0v) is 11.6. The largest absolute Gasteiger partial charge is 0.336 e. The number of nitrogens with zero attached hydrogens (tertiary/aromatic N) is 3. The van der Waals surface area contributed by atoms with Crippen LogP contribution in [-0.2, 0) is 7.05 Å². The summed E-state index contributed by atoms with van der Waals surface area (Å²) < 4.78 is 1.69. The summed E-state index contributed by atoms with van der Waals surface area (Å²) in [7, 11) is 3.71. The Morgan fingerprint density at radius 1 is 1.61 bits per heavy atom. The number of nitrogens with one attached hydrogen (secondary N) is 1. The summed E-state index contributed by atoms with van der Waals surface area (Å²) >= 11 is 0. The van der Waals surface area contributed by atoms with Crippen LogP contribution in [0.2, 0.25) is 0 Å². The van der Waals surface area contributed by atoms with Gasteiger partial charge in [0.2, 0.25) is 0 Å². The predicted octanol–water partition coefficient (Wildman–Crippen LogP) is 0.977. The van der Waals surface area contributed by atoms with Crippen molar-refractivity contribution in [3.63, 3.8) is 0 Å². The monoisotopic (exact) mass is 250 g/mol. The van der Waals surface area contributed by atoms with Gasteiger partial charge in [-0.1, -0.05) is 13.8 Å². The highest BCUT2D eigenvalue weighted by atomic mass is 16.2. The van der Waals surface area contributed by atoms with Crippen LogP contribution in [0.15, 0.2) is 6.07 Å². The summed E-state index contributed by atoms with van der Waals surface area (Å²) in [5.41, 5.74) is 1.65. The van der Waals surface area contributed by atoms with E-state index in [-0.39, 0.29) is 5.91 Å². The van der Waals surface area contributed by atoms with Crippen LogP contribution < -0.4 is 5.32 Å². The fourth-order valence-electron chi connectivity index (χ4n) is 2.29. The van der Waals surface area contributed by atoms with Crippen molar-refractivity contribution in [2.24, 2.45) is 7.05 Å². The normalized spacial score (nSPS) is 19.5. The van der Waals surface area contributed by atoms with E-state index in [1.165, 1.54) is 0 Å². The molecule has 0 saturated carbocycles. The molecule has 0 aliphatic carbocycles. The molecule has 0 spiro atoms. The van der Waals surface area contributed by atoms with Gasteiger partial charge < -0.3 is 10.2 Å². The molecular weight excluding hydrogens is 228 g/mol. The third kappa shape index (κ3) is 2.41. The summed E-state index contributed by atoms with van der Waals surface area (Å²) in [6, 6.07) is 2.21. The van der Waals surface area contributed by atoms with Crippen LogP contribution >= 0.6 is 0 Å². The van der Waals surface area contributed by atoms with Gasteiger partial charge >= 0.3 is 0 Å². The molecule has 18 heavy (non-hydrogen) atoms. The Kier molecular flexibility index (Phi) is 3.71. The van der Waals surface area contributed by atoms with Gasteiger partial charge in [0.05, 0.1) is 5.69 Å². The van der Waals surface area contributed by atoms with Gasteiger partial charge in [-0.05, 0) is 24.9 Å². The second-order valence-corrected chi connectivity index (χ2v) is 5.30. The molecule has 5 nitrogen and oxygen atoms in total. The van der Waals surface area contributed by atoms with E-state index in [4.69, 9.17) is 0 Å². The van der Waals surface area contributed by atoms with Crippen LogP contribution in [0, 0.1) is 0 Å². The molecular formula is C13H22N4O. The first-order valence-corrected chi connectivity index (χ1v) is 6.52. The molecule has 100 valence electrons. The first-order valence-electron chi connectivity index (χ1n) is 6.52. The van der Waals surface area contributed by atoms with Crippen molar-refractivity contribution in [3.05, 3.63) is 17.5 Å². The molecule has 2 rings (SSSR count). The molecule has 1 aliphatic rings. The van der Waals surface area contributed by atoms with Crippen molar-refractivity contribution in [2.45, 2.75) is 32.2 Å². The third-order valence-electron chi connectivity index (χ3n) is 3.61. The number of aromatic nitrogens is 2. The predicted molar refractivity (Wildman–Crippen MR) is 70.7 cm³/mol. The summed E-state index contributed by atoms with van der Waals surface area (Å²) in [6.45, 7) is 6.05. The molecule has 2 heterocycles. The summed E-state index contributed by atoms with van der Waals surface area (Å²) in [4.78, 5) is 14.3. The molecule has 1 aromatic heterocycles. The van der Waals surface area contributed by atoms with Crippen molar-refractivity contribution >= 4 is 5.91 Å². The Hall–Kier alpha value is -1.36. The number of carbonyl (C=O) groups excluding carboxylic acids is 1. The summed E-state index contributed by atoms with van der Waals surface area (Å²) in [5.74, 6) is 0.404. The van der Waals surface area contributed by atoms with Gasteiger partial charge in [-0.15, -0.1) is 0 Å². The van der Waals surface area contributed by atoms with E-state index in [1.54, 1.807) is 4.68 Å². The maximum absolute atomic E-state index is 12.4. The molecule has 1 N–H and O–H groups in total. The average Bonchev–Trinajstić information content (AvgIpc) is 2.95. The zero-order valence-electron chi connectivity index (χ0n) is 11.6. The Labute approximate surface area is 108 Å². The van der Waals surface area contributed by atoms with Gasteiger partial charge in [0.25, 0.3) is 5.91 Å². The maximum atomic E-state index is 12.4. The van der Waals surface area contributed by atoms with Gasteiger partial charge in [-0.2, -0.15) is 5.10 Å². The second-order valence-electron chi connectivity index (χ2n) is 5.30.